The molecule has 0 bridgehead atoms. The van der Waals surface area contributed by atoms with Crippen molar-refractivity contribution in [2.75, 3.05) is 5.32 Å². The first-order chi connectivity index (χ1) is 13.4. The van der Waals surface area contributed by atoms with Crippen LogP contribution >= 0.6 is 0 Å². The highest BCUT2D eigenvalue weighted by Gasteiger charge is 2.14. The third-order valence-corrected chi connectivity index (χ3v) is 4.57. The summed E-state index contributed by atoms with van der Waals surface area (Å²) in [7, 11) is 0. The van der Waals surface area contributed by atoms with E-state index in [1.54, 1.807) is 6.33 Å². The van der Waals surface area contributed by atoms with Crippen LogP contribution in [0.25, 0.3) is 33.1 Å². The molecule has 2 aromatic heterocycles. The van der Waals surface area contributed by atoms with Crippen LogP contribution in [0.2, 0.25) is 0 Å². The van der Waals surface area contributed by atoms with E-state index in [9.17, 15) is 0 Å². The van der Waals surface area contributed by atoms with Crippen LogP contribution in [0.5, 0.6) is 0 Å². The van der Waals surface area contributed by atoms with E-state index in [-0.39, 0.29) is 0 Å². The summed E-state index contributed by atoms with van der Waals surface area (Å²) in [5, 5.41) is 5.53. The molecule has 0 radical (unpaired) electrons. The Balaban J connectivity index is 1.81. The number of anilines is 2. The molecule has 5 aromatic rings. The first-order valence-corrected chi connectivity index (χ1v) is 8.81. The Hall–Kier alpha value is -3.79. The van der Waals surface area contributed by atoms with Crippen molar-refractivity contribution in [3.05, 3.63) is 91.3 Å². The second kappa shape index (κ2) is 6.50. The molecule has 27 heavy (non-hydrogen) atoms. The molecule has 0 amide bonds. The molecule has 2 heterocycles. The van der Waals surface area contributed by atoms with Crippen LogP contribution in [0.3, 0.4) is 0 Å². The zero-order chi connectivity index (χ0) is 18.1. The molecule has 0 unspecified atom stereocenters. The molecule has 5 rings (SSSR count). The maximum atomic E-state index is 4.98. The summed E-state index contributed by atoms with van der Waals surface area (Å²) in [5.74, 6) is 0.703. The molecule has 0 fully saturated rings. The Morgan fingerprint density at radius 3 is 2.04 bits per heavy atom. The summed E-state index contributed by atoms with van der Waals surface area (Å²) in [6, 6.07) is 28.5. The van der Waals surface area contributed by atoms with Gasteiger partial charge in [0, 0.05) is 22.0 Å². The predicted molar refractivity (Wildman–Crippen MR) is 110 cm³/mol. The fraction of sp³-hybridized carbons (Fsp3) is 0. The quantitative estimate of drug-likeness (QED) is 0.432. The van der Waals surface area contributed by atoms with Crippen LogP contribution < -0.4 is 5.32 Å². The lowest BCUT2D eigenvalue weighted by Crippen LogP contribution is -1.99. The van der Waals surface area contributed by atoms with Crippen molar-refractivity contribution in [2.24, 2.45) is 0 Å². The number of fused-ring (bicyclic) bond motifs is 3. The van der Waals surface area contributed by atoms with E-state index < -0.39 is 0 Å². The van der Waals surface area contributed by atoms with Gasteiger partial charge in [0.25, 0.3) is 0 Å². The number of benzene rings is 3. The molecule has 3 aromatic carbocycles. The zero-order valence-electron chi connectivity index (χ0n) is 14.5. The van der Waals surface area contributed by atoms with Gasteiger partial charge in [0.1, 0.15) is 17.4 Å². The number of para-hydroxylation sites is 1. The zero-order valence-corrected chi connectivity index (χ0v) is 14.5. The van der Waals surface area contributed by atoms with Gasteiger partial charge in [0.15, 0.2) is 5.82 Å². The number of aromatic nitrogens is 3. The van der Waals surface area contributed by atoms with Crippen LogP contribution in [0.4, 0.5) is 11.5 Å². The van der Waals surface area contributed by atoms with Crippen molar-refractivity contribution in [1.29, 1.82) is 0 Å². The molecule has 0 aliphatic carbocycles. The molecule has 0 saturated heterocycles. The van der Waals surface area contributed by atoms with E-state index >= 15 is 0 Å². The molecule has 0 aliphatic rings. The average Bonchev–Trinajstić information content (AvgIpc) is 2.75. The minimum absolute atomic E-state index is 0.703. The summed E-state index contributed by atoms with van der Waals surface area (Å²) in [6.45, 7) is 0. The van der Waals surface area contributed by atoms with Crippen LogP contribution in [0.1, 0.15) is 0 Å². The topological polar surface area (TPSA) is 50.7 Å². The van der Waals surface area contributed by atoms with Gasteiger partial charge in [-0.2, -0.15) is 0 Å². The fourth-order valence-corrected chi connectivity index (χ4v) is 3.32. The van der Waals surface area contributed by atoms with Crippen molar-refractivity contribution >= 4 is 33.3 Å². The Morgan fingerprint density at radius 2 is 1.26 bits per heavy atom. The first-order valence-electron chi connectivity index (χ1n) is 8.81. The molecule has 0 saturated carbocycles. The molecule has 4 nitrogen and oxygen atoms in total. The number of nitrogens with zero attached hydrogens (tertiary/aromatic N) is 3. The third kappa shape index (κ3) is 2.77. The van der Waals surface area contributed by atoms with Crippen molar-refractivity contribution in [1.82, 2.24) is 15.0 Å². The summed E-state index contributed by atoms with van der Waals surface area (Å²) in [4.78, 5) is 14.0. The van der Waals surface area contributed by atoms with E-state index in [1.807, 2.05) is 60.7 Å². The standard InChI is InChI=1S/C23H16N4/c1-3-9-16(10-4-1)20-18-13-7-8-14-19(18)21-22(27-20)23(25-15-24-21)26-17-11-5-2-6-12-17/h1-15H,(H,24,25,26). The minimum Gasteiger partial charge on any atom is -0.338 e. The highest BCUT2D eigenvalue weighted by molar-refractivity contribution is 6.11. The van der Waals surface area contributed by atoms with E-state index in [0.29, 0.717) is 5.82 Å². The van der Waals surface area contributed by atoms with E-state index in [0.717, 1.165) is 38.8 Å². The lowest BCUT2D eigenvalue weighted by molar-refractivity contribution is 1.20. The van der Waals surface area contributed by atoms with Crippen LogP contribution in [-0.4, -0.2) is 15.0 Å². The third-order valence-electron chi connectivity index (χ3n) is 4.57. The van der Waals surface area contributed by atoms with Crippen molar-refractivity contribution in [3.63, 3.8) is 0 Å². The van der Waals surface area contributed by atoms with Crippen molar-refractivity contribution < 1.29 is 0 Å². The van der Waals surface area contributed by atoms with Crippen molar-refractivity contribution in [2.45, 2.75) is 0 Å². The molecule has 1 N–H and O–H groups in total. The molecule has 4 heteroatoms. The molecule has 128 valence electrons. The normalized spacial score (nSPS) is 11.0. The molecule has 0 atom stereocenters. The largest absolute Gasteiger partial charge is 0.338 e. The van der Waals surface area contributed by atoms with Gasteiger partial charge in [-0.05, 0) is 12.1 Å². The lowest BCUT2D eigenvalue weighted by atomic mass is 10.0. The lowest BCUT2D eigenvalue weighted by Gasteiger charge is -2.12. The highest BCUT2D eigenvalue weighted by atomic mass is 15.0. The Labute approximate surface area is 156 Å². The minimum atomic E-state index is 0.703. The number of rotatable bonds is 3. The maximum absolute atomic E-state index is 4.98. The second-order valence-corrected chi connectivity index (χ2v) is 6.28. The molecular weight excluding hydrogens is 332 g/mol. The predicted octanol–water partition coefficient (Wildman–Crippen LogP) is 5.59. The SMILES string of the molecule is c1ccc(Nc2ncnc3c2nc(-c2ccccc2)c2ccccc23)cc1. The average molecular weight is 348 g/mol. The summed E-state index contributed by atoms with van der Waals surface area (Å²) < 4.78 is 0. The number of pyridine rings is 1. The van der Waals surface area contributed by atoms with Gasteiger partial charge < -0.3 is 5.32 Å². The Morgan fingerprint density at radius 1 is 0.593 bits per heavy atom. The van der Waals surface area contributed by atoms with Crippen LogP contribution in [0, 0.1) is 0 Å². The van der Waals surface area contributed by atoms with Crippen LogP contribution in [0.15, 0.2) is 91.3 Å². The summed E-state index contributed by atoms with van der Waals surface area (Å²) >= 11 is 0. The molecule has 0 spiro atoms. The van der Waals surface area contributed by atoms with E-state index in [4.69, 9.17) is 4.98 Å². The van der Waals surface area contributed by atoms with Gasteiger partial charge >= 0.3 is 0 Å². The monoisotopic (exact) mass is 348 g/mol. The summed E-state index contributed by atoms with van der Waals surface area (Å²) in [5.41, 5.74) is 4.58. The van der Waals surface area contributed by atoms with Gasteiger partial charge in [-0.25, -0.2) is 15.0 Å². The number of nitrogens with one attached hydrogen (secondary N) is 1. The van der Waals surface area contributed by atoms with Gasteiger partial charge in [-0.1, -0.05) is 72.8 Å². The first kappa shape index (κ1) is 15.5. The number of hydrogen-bond donors (Lipinski definition) is 1. The number of hydrogen-bond acceptors (Lipinski definition) is 4. The summed E-state index contributed by atoms with van der Waals surface area (Å²) in [6.07, 6.45) is 1.59. The Kier molecular flexibility index (Phi) is 3.72. The van der Waals surface area contributed by atoms with Gasteiger partial charge in [0.2, 0.25) is 0 Å². The Bertz CT molecular complexity index is 1230. The van der Waals surface area contributed by atoms with Gasteiger partial charge in [0.05, 0.1) is 5.69 Å². The van der Waals surface area contributed by atoms with Gasteiger partial charge in [-0.15, -0.1) is 0 Å². The van der Waals surface area contributed by atoms with Crippen molar-refractivity contribution in [3.8, 4) is 11.3 Å². The van der Waals surface area contributed by atoms with Gasteiger partial charge in [-0.3, -0.25) is 0 Å². The fourth-order valence-electron chi connectivity index (χ4n) is 3.32. The van der Waals surface area contributed by atoms with E-state index in [2.05, 4.69) is 39.6 Å². The van der Waals surface area contributed by atoms with E-state index in [1.165, 1.54) is 0 Å². The highest BCUT2D eigenvalue weighted by Crippen LogP contribution is 2.33. The molecular formula is C23H16N4. The maximum Gasteiger partial charge on any atom is 0.160 e. The van der Waals surface area contributed by atoms with Crippen LogP contribution in [-0.2, 0) is 0 Å². The molecule has 0 aliphatic heterocycles. The smallest absolute Gasteiger partial charge is 0.160 e. The second-order valence-electron chi connectivity index (χ2n) is 6.28.